The fraction of sp³-hybridized carbons (Fsp3) is 0.500. The Morgan fingerprint density at radius 3 is 2.90 bits per heavy atom. The maximum absolute atomic E-state index is 11.7. The van der Waals surface area contributed by atoms with Crippen LogP contribution in [0.25, 0.3) is 10.7 Å². The highest BCUT2D eigenvalue weighted by Gasteiger charge is 2.41. The van der Waals surface area contributed by atoms with Gasteiger partial charge in [0.1, 0.15) is 0 Å². The number of carboxylic acid groups (broad SMARTS) is 1. The predicted molar refractivity (Wildman–Crippen MR) is 76.3 cm³/mol. The Bertz CT molecular complexity index is 650. The van der Waals surface area contributed by atoms with E-state index in [9.17, 15) is 9.90 Å². The molecule has 0 saturated carbocycles. The molecule has 0 bridgehead atoms. The van der Waals surface area contributed by atoms with Crippen LogP contribution in [0.1, 0.15) is 12.8 Å². The third-order valence-corrected chi connectivity index (χ3v) is 5.05. The Morgan fingerprint density at radius 1 is 1.52 bits per heavy atom. The van der Waals surface area contributed by atoms with Crippen molar-refractivity contribution >= 4 is 28.9 Å². The Hall–Kier alpha value is -1.51. The molecule has 112 valence electrons. The van der Waals surface area contributed by atoms with E-state index in [4.69, 9.17) is 16.3 Å². The number of carboxylic acids is 1. The third kappa shape index (κ3) is 2.66. The lowest BCUT2D eigenvalue weighted by Gasteiger charge is -2.32. The van der Waals surface area contributed by atoms with Crippen LogP contribution in [0.4, 0.5) is 0 Å². The van der Waals surface area contributed by atoms with Gasteiger partial charge in [-0.05, 0) is 34.7 Å². The second-order valence-electron chi connectivity index (χ2n) is 4.96. The molecular formula is C12H13ClN4O3S. The first-order chi connectivity index (χ1) is 10.1. The molecule has 1 aliphatic heterocycles. The molecule has 0 atom stereocenters. The van der Waals surface area contributed by atoms with Crippen molar-refractivity contribution in [1.82, 2.24) is 20.2 Å². The van der Waals surface area contributed by atoms with Crippen LogP contribution in [0.3, 0.4) is 0 Å². The molecule has 0 radical (unpaired) electrons. The van der Waals surface area contributed by atoms with Crippen molar-refractivity contribution < 1.29 is 14.6 Å². The van der Waals surface area contributed by atoms with Crippen molar-refractivity contribution in [1.29, 1.82) is 0 Å². The summed E-state index contributed by atoms with van der Waals surface area (Å²) in [5, 5.41) is 23.6. The van der Waals surface area contributed by atoms with E-state index in [0.29, 0.717) is 36.9 Å². The van der Waals surface area contributed by atoms with Crippen molar-refractivity contribution in [3.8, 4) is 10.7 Å². The molecule has 1 N–H and O–H groups in total. The molecule has 21 heavy (non-hydrogen) atoms. The second-order valence-corrected chi connectivity index (χ2v) is 6.28. The highest BCUT2D eigenvalue weighted by molar-refractivity contribution is 7.14. The number of halogens is 1. The summed E-state index contributed by atoms with van der Waals surface area (Å²) >= 11 is 7.53. The fourth-order valence-corrected chi connectivity index (χ4v) is 3.54. The Labute approximate surface area is 129 Å². The molecule has 1 saturated heterocycles. The molecule has 3 rings (SSSR count). The van der Waals surface area contributed by atoms with E-state index in [-0.39, 0.29) is 6.54 Å². The summed E-state index contributed by atoms with van der Waals surface area (Å²) in [5.41, 5.74) is -0.897. The van der Waals surface area contributed by atoms with Crippen molar-refractivity contribution in [3.63, 3.8) is 0 Å². The average Bonchev–Trinajstić information content (AvgIpc) is 3.08. The highest BCUT2D eigenvalue weighted by atomic mass is 35.5. The number of nitrogens with zero attached hydrogens (tertiary/aromatic N) is 4. The lowest BCUT2D eigenvalue weighted by molar-refractivity contribution is -0.156. The summed E-state index contributed by atoms with van der Waals surface area (Å²) in [5.74, 6) is -0.341. The summed E-state index contributed by atoms with van der Waals surface area (Å²) in [7, 11) is 0. The zero-order chi connectivity index (χ0) is 14.9. The van der Waals surface area contributed by atoms with Crippen LogP contribution in [0.5, 0.6) is 0 Å². The van der Waals surface area contributed by atoms with Gasteiger partial charge in [0.25, 0.3) is 0 Å². The van der Waals surface area contributed by atoms with Gasteiger partial charge in [-0.3, -0.25) is 4.79 Å². The molecule has 0 spiro atoms. The number of hydrogen-bond donors (Lipinski definition) is 1. The molecule has 7 nitrogen and oxygen atoms in total. The summed E-state index contributed by atoms with van der Waals surface area (Å²) in [4.78, 5) is 12.5. The zero-order valence-corrected chi connectivity index (χ0v) is 12.6. The van der Waals surface area contributed by atoms with E-state index in [2.05, 4.69) is 15.5 Å². The molecule has 2 aromatic heterocycles. The van der Waals surface area contributed by atoms with Gasteiger partial charge in [0.15, 0.2) is 5.82 Å². The number of tetrazole rings is 1. The minimum atomic E-state index is -0.897. The van der Waals surface area contributed by atoms with Crippen LogP contribution in [-0.4, -0.2) is 44.5 Å². The van der Waals surface area contributed by atoms with Gasteiger partial charge in [-0.2, -0.15) is 0 Å². The smallest absolute Gasteiger partial charge is 0.311 e. The molecule has 1 fully saturated rings. The third-order valence-electron chi connectivity index (χ3n) is 3.71. The van der Waals surface area contributed by atoms with Crippen LogP contribution in [0.15, 0.2) is 11.4 Å². The summed E-state index contributed by atoms with van der Waals surface area (Å²) < 4.78 is 6.80. The maximum Gasteiger partial charge on any atom is 0.311 e. The molecular weight excluding hydrogens is 316 g/mol. The summed E-state index contributed by atoms with van der Waals surface area (Å²) in [6.45, 7) is 1.08. The van der Waals surface area contributed by atoms with Crippen LogP contribution in [0.2, 0.25) is 5.02 Å². The second kappa shape index (κ2) is 5.70. The number of carbonyl (C=O) groups is 1. The predicted octanol–water partition coefficient (Wildman–Crippen LogP) is 1.94. The molecule has 3 heterocycles. The first-order valence-electron chi connectivity index (χ1n) is 6.43. The number of aliphatic carboxylic acids is 1. The number of hydrogen-bond acceptors (Lipinski definition) is 6. The van der Waals surface area contributed by atoms with E-state index < -0.39 is 11.4 Å². The van der Waals surface area contributed by atoms with Crippen molar-refractivity contribution in [2.45, 2.75) is 19.4 Å². The van der Waals surface area contributed by atoms with Gasteiger partial charge < -0.3 is 9.84 Å². The summed E-state index contributed by atoms with van der Waals surface area (Å²) in [6, 6.07) is 1.77. The normalized spacial score (nSPS) is 17.8. The molecule has 0 aliphatic carbocycles. The molecule has 9 heteroatoms. The van der Waals surface area contributed by atoms with Crippen molar-refractivity contribution in [2.75, 3.05) is 13.2 Å². The largest absolute Gasteiger partial charge is 0.481 e. The van der Waals surface area contributed by atoms with Crippen molar-refractivity contribution in [3.05, 3.63) is 16.5 Å². The number of thiophene rings is 1. The SMILES string of the molecule is O=C(O)C1(Cn2nnnc2-c2sccc2Cl)CCOCC1. The quantitative estimate of drug-likeness (QED) is 0.922. The Kier molecular flexibility index (Phi) is 3.92. The highest BCUT2D eigenvalue weighted by Crippen LogP contribution is 2.36. The van der Waals surface area contributed by atoms with Gasteiger partial charge in [0.2, 0.25) is 0 Å². The minimum absolute atomic E-state index is 0.211. The molecule has 2 aromatic rings. The van der Waals surface area contributed by atoms with E-state index >= 15 is 0 Å². The van der Waals surface area contributed by atoms with Crippen molar-refractivity contribution in [2.24, 2.45) is 5.41 Å². The first-order valence-corrected chi connectivity index (χ1v) is 7.69. The van der Waals surface area contributed by atoms with E-state index in [1.54, 1.807) is 6.07 Å². The average molecular weight is 329 g/mol. The van der Waals surface area contributed by atoms with Gasteiger partial charge in [0, 0.05) is 13.2 Å². The van der Waals surface area contributed by atoms with Gasteiger partial charge in [0.05, 0.1) is 21.9 Å². The van der Waals surface area contributed by atoms with Crippen LogP contribution in [-0.2, 0) is 16.1 Å². The monoisotopic (exact) mass is 328 g/mol. The molecule has 0 aromatic carbocycles. The zero-order valence-electron chi connectivity index (χ0n) is 11.0. The number of ether oxygens (including phenoxy) is 1. The summed E-state index contributed by atoms with van der Waals surface area (Å²) in [6.07, 6.45) is 0.889. The van der Waals surface area contributed by atoms with Crippen LogP contribution in [0, 0.1) is 5.41 Å². The van der Waals surface area contributed by atoms with Crippen LogP contribution >= 0.6 is 22.9 Å². The Morgan fingerprint density at radius 2 is 2.29 bits per heavy atom. The van der Waals surface area contributed by atoms with Gasteiger partial charge in [-0.15, -0.1) is 16.4 Å². The van der Waals surface area contributed by atoms with E-state index in [0.717, 1.165) is 4.88 Å². The van der Waals surface area contributed by atoms with Crippen LogP contribution < -0.4 is 0 Å². The molecule has 0 unspecified atom stereocenters. The van der Waals surface area contributed by atoms with Gasteiger partial charge in [-0.25, -0.2) is 4.68 Å². The minimum Gasteiger partial charge on any atom is -0.481 e. The van der Waals surface area contributed by atoms with E-state index in [1.807, 2.05) is 5.38 Å². The lowest BCUT2D eigenvalue weighted by Crippen LogP contribution is -2.41. The molecule has 0 amide bonds. The Balaban J connectivity index is 1.93. The fourth-order valence-electron chi connectivity index (χ4n) is 2.42. The topological polar surface area (TPSA) is 90.1 Å². The maximum atomic E-state index is 11.7. The standard InChI is InChI=1S/C12H13ClN4O3S/c13-8-1-6-21-9(8)10-14-15-16-17(10)7-12(11(18)19)2-4-20-5-3-12/h1,6H,2-5,7H2,(H,18,19). The van der Waals surface area contributed by atoms with E-state index in [1.165, 1.54) is 16.0 Å². The number of aromatic nitrogens is 4. The van der Waals surface area contributed by atoms with Gasteiger partial charge in [-0.1, -0.05) is 11.6 Å². The first kappa shape index (κ1) is 14.4. The lowest BCUT2D eigenvalue weighted by atomic mass is 9.80. The van der Waals surface area contributed by atoms with Gasteiger partial charge >= 0.3 is 5.97 Å². The number of rotatable bonds is 4. The molecule has 1 aliphatic rings.